The maximum Gasteiger partial charge on any atom is 0.433 e. The number of alkyl halides is 3. The largest absolute Gasteiger partial charge is 0.497 e. The molecule has 0 saturated heterocycles. The molecule has 0 aliphatic rings. The molecule has 3 aromatic rings. The topological polar surface area (TPSA) is 73.1 Å². The van der Waals surface area contributed by atoms with Gasteiger partial charge in [0.15, 0.2) is 0 Å². The van der Waals surface area contributed by atoms with Crippen molar-refractivity contribution < 1.29 is 17.9 Å². The minimum Gasteiger partial charge on any atom is -0.497 e. The second-order valence-corrected chi connectivity index (χ2v) is 6.32. The summed E-state index contributed by atoms with van der Waals surface area (Å²) in [7, 11) is 1.59. The first-order chi connectivity index (χ1) is 13.4. The van der Waals surface area contributed by atoms with Gasteiger partial charge in [0.1, 0.15) is 17.3 Å². The zero-order chi connectivity index (χ0) is 20.1. The molecule has 2 aromatic heterocycles. The van der Waals surface area contributed by atoms with Crippen molar-refractivity contribution in [2.24, 2.45) is 5.73 Å². The Morgan fingerprint density at radius 1 is 1.07 bits per heavy atom. The number of pyridine rings is 2. The molecular formula is C20H21F3N4O. The monoisotopic (exact) mass is 390 g/mol. The van der Waals surface area contributed by atoms with E-state index in [0.717, 1.165) is 23.8 Å². The molecule has 3 rings (SSSR count). The molecule has 0 fully saturated rings. The third-order valence-corrected chi connectivity index (χ3v) is 4.25. The molecule has 0 amide bonds. The Morgan fingerprint density at radius 3 is 2.46 bits per heavy atom. The SMILES string of the molecule is COc1ccc(Cc2cc3nc(C(F)(F)F)ccc3c(NCCCN)n2)cc1. The van der Waals surface area contributed by atoms with Gasteiger partial charge in [0.2, 0.25) is 0 Å². The highest BCUT2D eigenvalue weighted by Crippen LogP contribution is 2.31. The molecule has 8 heteroatoms. The number of methoxy groups -OCH3 is 1. The van der Waals surface area contributed by atoms with Crippen LogP contribution in [0.15, 0.2) is 42.5 Å². The van der Waals surface area contributed by atoms with Crippen LogP contribution in [0.4, 0.5) is 19.0 Å². The molecule has 28 heavy (non-hydrogen) atoms. The summed E-state index contributed by atoms with van der Waals surface area (Å²) in [6.45, 7) is 1.08. The number of benzene rings is 1. The number of ether oxygens (including phenoxy) is 1. The molecule has 0 saturated carbocycles. The fourth-order valence-corrected chi connectivity index (χ4v) is 2.82. The molecule has 2 heterocycles. The normalized spacial score (nSPS) is 11.6. The zero-order valence-electron chi connectivity index (χ0n) is 15.4. The highest BCUT2D eigenvalue weighted by atomic mass is 19.4. The molecule has 0 spiro atoms. The van der Waals surface area contributed by atoms with Crippen molar-refractivity contribution in [3.05, 3.63) is 59.4 Å². The Morgan fingerprint density at radius 2 is 1.82 bits per heavy atom. The number of aromatic nitrogens is 2. The summed E-state index contributed by atoms with van der Waals surface area (Å²) in [6, 6.07) is 11.4. The van der Waals surface area contributed by atoms with Gasteiger partial charge in [-0.05, 0) is 48.9 Å². The maximum atomic E-state index is 13.1. The molecule has 0 aliphatic carbocycles. The highest BCUT2D eigenvalue weighted by Gasteiger charge is 2.32. The van der Waals surface area contributed by atoms with Gasteiger partial charge >= 0.3 is 6.18 Å². The van der Waals surface area contributed by atoms with E-state index in [-0.39, 0.29) is 5.52 Å². The molecule has 148 valence electrons. The average Bonchev–Trinajstić information content (AvgIpc) is 2.67. The van der Waals surface area contributed by atoms with Gasteiger partial charge in [-0.1, -0.05) is 12.1 Å². The number of hydrogen-bond donors (Lipinski definition) is 2. The van der Waals surface area contributed by atoms with Crippen molar-refractivity contribution in [2.45, 2.75) is 19.0 Å². The number of fused-ring (bicyclic) bond motifs is 1. The molecule has 3 N–H and O–H groups in total. The minimum atomic E-state index is -4.50. The van der Waals surface area contributed by atoms with E-state index in [9.17, 15) is 13.2 Å². The van der Waals surface area contributed by atoms with Crippen LogP contribution in [-0.2, 0) is 12.6 Å². The lowest BCUT2D eigenvalue weighted by molar-refractivity contribution is -0.140. The Balaban J connectivity index is 1.99. The van der Waals surface area contributed by atoms with Gasteiger partial charge in [-0.3, -0.25) is 0 Å². The quantitative estimate of drug-likeness (QED) is 0.597. The molecular weight excluding hydrogens is 369 g/mol. The lowest BCUT2D eigenvalue weighted by Gasteiger charge is -2.13. The lowest BCUT2D eigenvalue weighted by Crippen LogP contribution is -2.12. The van der Waals surface area contributed by atoms with E-state index in [2.05, 4.69) is 15.3 Å². The summed E-state index contributed by atoms with van der Waals surface area (Å²) in [4.78, 5) is 8.41. The standard InChI is InChI=1S/C20H21F3N4O/c1-28-15-5-3-13(4-6-15)11-14-12-17-16(19(26-14)25-10-2-9-24)7-8-18(27-17)20(21,22)23/h3-8,12H,2,9-11,24H2,1H3,(H,25,26). The number of nitrogens with two attached hydrogens (primary N) is 1. The predicted molar refractivity (Wildman–Crippen MR) is 103 cm³/mol. The average molecular weight is 390 g/mol. The number of nitrogens with one attached hydrogen (secondary N) is 1. The molecule has 0 atom stereocenters. The van der Waals surface area contributed by atoms with Crippen molar-refractivity contribution >= 4 is 16.7 Å². The van der Waals surface area contributed by atoms with Gasteiger partial charge in [-0.15, -0.1) is 0 Å². The van der Waals surface area contributed by atoms with Crippen molar-refractivity contribution in [1.82, 2.24) is 9.97 Å². The van der Waals surface area contributed by atoms with Crippen LogP contribution in [0, 0.1) is 0 Å². The van der Waals surface area contributed by atoms with E-state index in [4.69, 9.17) is 10.5 Å². The fraction of sp³-hybridized carbons (Fsp3) is 0.300. The Hall–Kier alpha value is -2.87. The zero-order valence-corrected chi connectivity index (χ0v) is 15.4. The summed E-state index contributed by atoms with van der Waals surface area (Å²) in [5.41, 5.74) is 6.44. The van der Waals surface area contributed by atoms with Crippen LogP contribution in [-0.4, -0.2) is 30.2 Å². The van der Waals surface area contributed by atoms with E-state index in [1.165, 1.54) is 6.07 Å². The first-order valence-electron chi connectivity index (χ1n) is 8.85. The van der Waals surface area contributed by atoms with Crippen molar-refractivity contribution in [2.75, 3.05) is 25.5 Å². The number of nitrogens with zero attached hydrogens (tertiary/aromatic N) is 2. The van der Waals surface area contributed by atoms with Crippen molar-refractivity contribution in [3.8, 4) is 5.75 Å². The summed E-state index contributed by atoms with van der Waals surface area (Å²) < 4.78 is 44.3. The van der Waals surface area contributed by atoms with E-state index < -0.39 is 11.9 Å². The summed E-state index contributed by atoms with van der Waals surface area (Å²) in [5, 5.41) is 3.70. The maximum absolute atomic E-state index is 13.1. The molecule has 0 radical (unpaired) electrons. The second kappa shape index (κ2) is 8.43. The lowest BCUT2D eigenvalue weighted by atomic mass is 10.1. The summed E-state index contributed by atoms with van der Waals surface area (Å²) in [5.74, 6) is 1.24. The van der Waals surface area contributed by atoms with Gasteiger partial charge in [0, 0.05) is 24.0 Å². The van der Waals surface area contributed by atoms with Crippen LogP contribution >= 0.6 is 0 Å². The number of halogens is 3. The molecule has 0 aliphatic heterocycles. The van der Waals surface area contributed by atoms with Crippen LogP contribution in [0.5, 0.6) is 5.75 Å². The van der Waals surface area contributed by atoms with Crippen LogP contribution in [0.2, 0.25) is 0 Å². The summed E-state index contributed by atoms with van der Waals surface area (Å²) >= 11 is 0. The van der Waals surface area contributed by atoms with E-state index in [1.54, 1.807) is 13.2 Å². The van der Waals surface area contributed by atoms with E-state index in [0.29, 0.717) is 36.4 Å². The van der Waals surface area contributed by atoms with Gasteiger partial charge in [-0.25, -0.2) is 9.97 Å². The second-order valence-electron chi connectivity index (χ2n) is 6.32. The third kappa shape index (κ3) is 4.69. The van der Waals surface area contributed by atoms with Crippen molar-refractivity contribution in [3.63, 3.8) is 0 Å². The highest BCUT2D eigenvalue weighted by molar-refractivity contribution is 5.89. The number of rotatable bonds is 7. The third-order valence-electron chi connectivity index (χ3n) is 4.25. The number of hydrogen-bond acceptors (Lipinski definition) is 5. The fourth-order valence-electron chi connectivity index (χ4n) is 2.82. The van der Waals surface area contributed by atoms with Crippen LogP contribution < -0.4 is 15.8 Å². The van der Waals surface area contributed by atoms with Gasteiger partial charge in [-0.2, -0.15) is 13.2 Å². The van der Waals surface area contributed by atoms with Gasteiger partial charge in [0.25, 0.3) is 0 Å². The Bertz CT molecular complexity index is 943. The molecule has 1 aromatic carbocycles. The van der Waals surface area contributed by atoms with Gasteiger partial charge < -0.3 is 15.8 Å². The smallest absolute Gasteiger partial charge is 0.433 e. The first kappa shape index (κ1) is 19.9. The molecule has 5 nitrogen and oxygen atoms in total. The predicted octanol–water partition coefficient (Wildman–Crippen LogP) is 4.01. The Labute approximate surface area is 160 Å². The Kier molecular flexibility index (Phi) is 5.99. The van der Waals surface area contributed by atoms with Crippen LogP contribution in [0.1, 0.15) is 23.4 Å². The first-order valence-corrected chi connectivity index (χ1v) is 8.85. The minimum absolute atomic E-state index is 0.253. The van der Waals surface area contributed by atoms with Gasteiger partial charge in [0.05, 0.1) is 12.6 Å². The van der Waals surface area contributed by atoms with Crippen molar-refractivity contribution in [1.29, 1.82) is 0 Å². The summed E-state index contributed by atoms with van der Waals surface area (Å²) in [6.07, 6.45) is -3.32. The van der Waals surface area contributed by atoms with Crippen LogP contribution in [0.25, 0.3) is 10.9 Å². The van der Waals surface area contributed by atoms with Crippen LogP contribution in [0.3, 0.4) is 0 Å². The molecule has 0 bridgehead atoms. The van der Waals surface area contributed by atoms with E-state index >= 15 is 0 Å². The number of anilines is 1. The molecule has 0 unspecified atom stereocenters. The van der Waals surface area contributed by atoms with E-state index in [1.807, 2.05) is 24.3 Å².